The first-order valence-electron chi connectivity index (χ1n) is 6.70. The maximum absolute atomic E-state index is 12.4. The highest BCUT2D eigenvalue weighted by Gasteiger charge is 2.21. The van der Waals surface area contributed by atoms with Crippen LogP contribution in [-0.4, -0.2) is 12.7 Å². The summed E-state index contributed by atoms with van der Waals surface area (Å²) in [4.78, 5) is 12.4. The molecule has 0 saturated heterocycles. The molecule has 3 rings (SSSR count). The quantitative estimate of drug-likeness (QED) is 0.860. The molecule has 0 fully saturated rings. The molecule has 6 heteroatoms. The second-order valence-electron chi connectivity index (χ2n) is 4.94. The Balaban J connectivity index is 1.79. The average molecular weight is 383 g/mol. The van der Waals surface area contributed by atoms with Crippen molar-refractivity contribution >= 4 is 33.4 Å². The number of halogens is 2. The fraction of sp³-hybridized carbons (Fsp3) is 0.188. The highest BCUT2D eigenvalue weighted by molar-refractivity contribution is 9.10. The van der Waals surface area contributed by atoms with Gasteiger partial charge in [-0.1, -0.05) is 39.7 Å². The van der Waals surface area contributed by atoms with Crippen molar-refractivity contribution in [3.8, 4) is 11.5 Å². The lowest BCUT2D eigenvalue weighted by Gasteiger charge is -2.15. The number of carbonyl (C=O) groups excluding carboxylic acids is 1. The molecule has 1 atom stereocenters. The van der Waals surface area contributed by atoms with Crippen molar-refractivity contribution in [2.24, 2.45) is 0 Å². The van der Waals surface area contributed by atoms with Crippen LogP contribution in [0.2, 0.25) is 5.02 Å². The smallest absolute Gasteiger partial charge is 0.251 e. The summed E-state index contributed by atoms with van der Waals surface area (Å²) in [5.74, 6) is 0.763. The van der Waals surface area contributed by atoms with Crippen molar-refractivity contribution < 1.29 is 14.3 Å². The van der Waals surface area contributed by atoms with E-state index in [0.717, 1.165) is 10.0 Å². The summed E-state index contributed by atoms with van der Waals surface area (Å²) in [5.41, 5.74) is 1.45. The molecule has 0 aromatic heterocycles. The van der Waals surface area contributed by atoms with E-state index in [4.69, 9.17) is 21.1 Å². The second kappa shape index (κ2) is 6.18. The zero-order valence-electron chi connectivity index (χ0n) is 11.7. The van der Waals surface area contributed by atoms with Gasteiger partial charge in [0.25, 0.3) is 5.91 Å². The van der Waals surface area contributed by atoms with E-state index in [1.165, 1.54) is 0 Å². The van der Waals surface area contributed by atoms with E-state index in [-0.39, 0.29) is 18.7 Å². The third kappa shape index (κ3) is 3.05. The van der Waals surface area contributed by atoms with E-state index >= 15 is 0 Å². The number of amides is 1. The number of hydrogen-bond acceptors (Lipinski definition) is 3. The van der Waals surface area contributed by atoms with E-state index in [1.54, 1.807) is 12.1 Å². The van der Waals surface area contributed by atoms with Crippen LogP contribution in [0.1, 0.15) is 28.9 Å². The molecule has 0 radical (unpaired) electrons. The van der Waals surface area contributed by atoms with Crippen molar-refractivity contribution in [3.63, 3.8) is 0 Å². The van der Waals surface area contributed by atoms with Crippen LogP contribution in [0, 0.1) is 0 Å². The standard InChI is InChI=1S/C16H13BrClNO3/c1-9(10-3-2-4-12(17)5-10)19-16(20)11-6-13(18)15-14(7-11)21-8-22-15/h2-7,9H,8H2,1H3,(H,19,20)/t9-/m1/s1. The second-order valence-corrected chi connectivity index (χ2v) is 6.26. The maximum Gasteiger partial charge on any atom is 0.251 e. The first kappa shape index (κ1) is 15.2. The molecule has 114 valence electrons. The molecule has 0 unspecified atom stereocenters. The number of carbonyl (C=O) groups is 1. The summed E-state index contributed by atoms with van der Waals surface area (Å²) in [5, 5.41) is 3.31. The lowest BCUT2D eigenvalue weighted by atomic mass is 10.1. The molecule has 1 aliphatic rings. The molecule has 2 aromatic carbocycles. The normalized spacial score (nSPS) is 13.8. The van der Waals surface area contributed by atoms with Gasteiger partial charge in [0.2, 0.25) is 6.79 Å². The summed E-state index contributed by atoms with van der Waals surface area (Å²) in [6.45, 7) is 2.04. The molecule has 0 saturated carbocycles. The van der Waals surface area contributed by atoms with Crippen LogP contribution in [0.3, 0.4) is 0 Å². The highest BCUT2D eigenvalue weighted by Crippen LogP contribution is 2.39. The number of hydrogen-bond donors (Lipinski definition) is 1. The number of benzene rings is 2. The molecular formula is C16H13BrClNO3. The summed E-state index contributed by atoms with van der Waals surface area (Å²) in [6, 6.07) is 10.9. The maximum atomic E-state index is 12.4. The van der Waals surface area contributed by atoms with Crippen molar-refractivity contribution in [1.29, 1.82) is 0 Å². The minimum atomic E-state index is -0.215. The fourth-order valence-corrected chi connectivity index (χ4v) is 2.92. The summed E-state index contributed by atoms with van der Waals surface area (Å²) in [6.07, 6.45) is 0. The largest absolute Gasteiger partial charge is 0.454 e. The minimum Gasteiger partial charge on any atom is -0.454 e. The number of nitrogens with one attached hydrogen (secondary N) is 1. The molecule has 0 bridgehead atoms. The molecule has 22 heavy (non-hydrogen) atoms. The topological polar surface area (TPSA) is 47.6 Å². The van der Waals surface area contributed by atoms with E-state index in [9.17, 15) is 4.79 Å². The van der Waals surface area contributed by atoms with Gasteiger partial charge in [-0.05, 0) is 36.8 Å². The van der Waals surface area contributed by atoms with E-state index < -0.39 is 0 Å². The molecule has 1 aliphatic heterocycles. The van der Waals surface area contributed by atoms with Crippen LogP contribution in [0.15, 0.2) is 40.9 Å². The van der Waals surface area contributed by atoms with Gasteiger partial charge in [-0.3, -0.25) is 4.79 Å². The van der Waals surface area contributed by atoms with Gasteiger partial charge in [0.1, 0.15) is 0 Å². The van der Waals surface area contributed by atoms with Gasteiger partial charge < -0.3 is 14.8 Å². The van der Waals surface area contributed by atoms with Gasteiger partial charge in [0, 0.05) is 10.0 Å². The van der Waals surface area contributed by atoms with Crippen molar-refractivity contribution in [3.05, 3.63) is 57.0 Å². The molecule has 0 spiro atoms. The van der Waals surface area contributed by atoms with Gasteiger partial charge in [-0.25, -0.2) is 0 Å². The lowest BCUT2D eigenvalue weighted by molar-refractivity contribution is 0.0939. The Kier molecular flexibility index (Phi) is 4.27. The van der Waals surface area contributed by atoms with Gasteiger partial charge in [0.05, 0.1) is 11.1 Å². The monoisotopic (exact) mass is 381 g/mol. The average Bonchev–Trinajstić information content (AvgIpc) is 2.96. The number of fused-ring (bicyclic) bond motifs is 1. The summed E-state index contributed by atoms with van der Waals surface area (Å²) in [7, 11) is 0. The van der Waals surface area contributed by atoms with E-state index in [1.807, 2.05) is 31.2 Å². The van der Waals surface area contributed by atoms with Gasteiger partial charge in [0.15, 0.2) is 11.5 Å². The van der Waals surface area contributed by atoms with E-state index in [2.05, 4.69) is 21.2 Å². The summed E-state index contributed by atoms with van der Waals surface area (Å²) < 4.78 is 11.5. The Morgan fingerprint density at radius 2 is 2.14 bits per heavy atom. The predicted octanol–water partition coefficient (Wildman–Crippen LogP) is 4.32. The molecule has 4 nitrogen and oxygen atoms in total. The van der Waals surface area contributed by atoms with Gasteiger partial charge in [-0.2, -0.15) is 0 Å². The van der Waals surface area contributed by atoms with Crippen molar-refractivity contribution in [2.75, 3.05) is 6.79 Å². The van der Waals surface area contributed by atoms with Crippen LogP contribution in [0.4, 0.5) is 0 Å². The Bertz CT molecular complexity index is 735. The molecule has 0 aliphatic carbocycles. The van der Waals surface area contributed by atoms with Crippen LogP contribution in [0.5, 0.6) is 11.5 Å². The van der Waals surface area contributed by atoms with Crippen LogP contribution in [-0.2, 0) is 0 Å². The zero-order valence-corrected chi connectivity index (χ0v) is 14.1. The molecule has 1 amide bonds. The Morgan fingerprint density at radius 3 is 2.91 bits per heavy atom. The van der Waals surface area contributed by atoms with Crippen LogP contribution in [0.25, 0.3) is 0 Å². The minimum absolute atomic E-state index is 0.120. The van der Waals surface area contributed by atoms with Crippen LogP contribution < -0.4 is 14.8 Å². The third-order valence-corrected chi connectivity index (χ3v) is 4.16. The summed E-state index contributed by atoms with van der Waals surface area (Å²) >= 11 is 9.53. The molecule has 2 aromatic rings. The lowest BCUT2D eigenvalue weighted by Crippen LogP contribution is -2.26. The highest BCUT2D eigenvalue weighted by atomic mass is 79.9. The van der Waals surface area contributed by atoms with Gasteiger partial charge >= 0.3 is 0 Å². The Hall–Kier alpha value is -1.72. The zero-order chi connectivity index (χ0) is 15.7. The molecule has 1 heterocycles. The predicted molar refractivity (Wildman–Crippen MR) is 87.6 cm³/mol. The van der Waals surface area contributed by atoms with Crippen molar-refractivity contribution in [1.82, 2.24) is 5.32 Å². The first-order valence-corrected chi connectivity index (χ1v) is 7.87. The Morgan fingerprint density at radius 1 is 1.32 bits per heavy atom. The first-order chi connectivity index (χ1) is 10.5. The fourth-order valence-electron chi connectivity index (χ4n) is 2.24. The number of ether oxygens (including phenoxy) is 2. The van der Waals surface area contributed by atoms with Crippen LogP contribution >= 0.6 is 27.5 Å². The van der Waals surface area contributed by atoms with Gasteiger partial charge in [-0.15, -0.1) is 0 Å². The van der Waals surface area contributed by atoms with Crippen molar-refractivity contribution in [2.45, 2.75) is 13.0 Å². The molecule has 1 N–H and O–H groups in total. The van der Waals surface area contributed by atoms with E-state index in [0.29, 0.717) is 22.1 Å². The Labute approximate surface area is 141 Å². The molecular weight excluding hydrogens is 370 g/mol. The third-order valence-electron chi connectivity index (χ3n) is 3.39. The number of rotatable bonds is 3. The SMILES string of the molecule is C[C@@H](NC(=O)c1cc(Cl)c2c(c1)OCO2)c1cccc(Br)c1.